The number of nitrogens with zero attached hydrogens (tertiary/aromatic N) is 1. The Morgan fingerprint density at radius 2 is 1.39 bits per heavy atom. The molecule has 7 nitrogen and oxygen atoms in total. The van der Waals surface area contributed by atoms with Crippen LogP contribution >= 0.6 is 0 Å². The smallest absolute Gasteiger partial charge is 0.340 e. The van der Waals surface area contributed by atoms with E-state index in [0.717, 1.165) is 0 Å². The molecule has 0 amide bonds. The molecule has 0 saturated carbocycles. The van der Waals surface area contributed by atoms with Gasteiger partial charge in [0.2, 0.25) is 6.04 Å². The summed E-state index contributed by atoms with van der Waals surface area (Å²) in [5.41, 5.74) is 1.21. The van der Waals surface area contributed by atoms with Gasteiger partial charge in [0.25, 0.3) is 0 Å². The van der Waals surface area contributed by atoms with E-state index in [9.17, 15) is 14.7 Å². The second-order valence-electron chi connectivity index (χ2n) is 7.65. The van der Waals surface area contributed by atoms with E-state index in [0.29, 0.717) is 17.0 Å². The maximum Gasteiger partial charge on any atom is 0.340 e. The second kappa shape index (κ2) is 11.4. The van der Waals surface area contributed by atoms with Crippen LogP contribution in [0, 0.1) is 0 Å². The molecule has 0 fully saturated rings. The van der Waals surface area contributed by atoms with E-state index in [4.69, 9.17) is 14.2 Å². The van der Waals surface area contributed by atoms with E-state index in [2.05, 4.69) is 0 Å². The van der Waals surface area contributed by atoms with E-state index >= 15 is 0 Å². The van der Waals surface area contributed by atoms with Gasteiger partial charge in [0.15, 0.2) is 0 Å². The van der Waals surface area contributed by atoms with Gasteiger partial charge in [0.1, 0.15) is 5.75 Å². The molecule has 168 valence electrons. The van der Waals surface area contributed by atoms with Crippen molar-refractivity contribution in [1.82, 2.24) is 0 Å². The van der Waals surface area contributed by atoms with Crippen LogP contribution in [0.4, 0.5) is 5.69 Å². The minimum Gasteiger partial charge on any atom is -0.497 e. The van der Waals surface area contributed by atoms with Crippen molar-refractivity contribution in [2.75, 3.05) is 18.6 Å². The second-order valence-corrected chi connectivity index (χ2v) is 7.65. The highest BCUT2D eigenvalue weighted by molar-refractivity contribution is 6.02. The summed E-state index contributed by atoms with van der Waals surface area (Å²) in [6.07, 6.45) is -1.79. The zero-order valence-corrected chi connectivity index (χ0v) is 18.6. The van der Waals surface area contributed by atoms with E-state index in [1.54, 1.807) is 71.2 Å². The SMILES string of the molecule is COc1ccc(N(CC(O)c2ccccc2)C(C(=O)OC(C)C)C(=O)OC(C)C)cc1. The zero-order chi connectivity index (χ0) is 23.0. The molecule has 0 spiro atoms. The molecule has 0 aliphatic rings. The van der Waals surface area contributed by atoms with Gasteiger partial charge in [-0.15, -0.1) is 0 Å². The van der Waals surface area contributed by atoms with Crippen LogP contribution in [0.2, 0.25) is 0 Å². The first-order valence-corrected chi connectivity index (χ1v) is 10.3. The van der Waals surface area contributed by atoms with Gasteiger partial charge in [-0.05, 0) is 57.5 Å². The summed E-state index contributed by atoms with van der Waals surface area (Å²) in [6, 6.07) is 14.5. The number of carbonyl (C=O) groups is 2. The molecule has 0 aliphatic heterocycles. The lowest BCUT2D eigenvalue weighted by molar-refractivity contribution is -0.161. The number of benzene rings is 2. The average Bonchev–Trinajstić information content (AvgIpc) is 2.72. The Morgan fingerprint density at radius 1 is 0.871 bits per heavy atom. The summed E-state index contributed by atoms with van der Waals surface area (Å²) in [7, 11) is 1.55. The third-order valence-corrected chi connectivity index (χ3v) is 4.42. The van der Waals surface area contributed by atoms with Gasteiger partial charge in [-0.3, -0.25) is 0 Å². The highest BCUT2D eigenvalue weighted by Gasteiger charge is 2.38. The van der Waals surface area contributed by atoms with Crippen molar-refractivity contribution in [2.24, 2.45) is 0 Å². The standard InChI is InChI=1S/C24H31NO6/c1-16(2)30-23(27)22(24(28)31-17(3)4)25(19-11-13-20(29-5)14-12-19)15-21(26)18-9-7-6-8-10-18/h6-14,16-17,21-22,26H,15H2,1-5H3. The Labute approximate surface area is 183 Å². The summed E-state index contributed by atoms with van der Waals surface area (Å²) in [5, 5.41) is 10.9. The van der Waals surface area contributed by atoms with Crippen LogP contribution in [0.25, 0.3) is 0 Å². The maximum atomic E-state index is 13.0. The zero-order valence-electron chi connectivity index (χ0n) is 18.6. The number of hydrogen-bond donors (Lipinski definition) is 1. The fraction of sp³-hybridized carbons (Fsp3) is 0.417. The van der Waals surface area contributed by atoms with E-state index in [-0.39, 0.29) is 6.54 Å². The lowest BCUT2D eigenvalue weighted by Gasteiger charge is -2.33. The summed E-state index contributed by atoms with van der Waals surface area (Å²) >= 11 is 0. The number of anilines is 1. The predicted molar refractivity (Wildman–Crippen MR) is 118 cm³/mol. The van der Waals surface area contributed by atoms with Crippen molar-refractivity contribution < 1.29 is 28.9 Å². The summed E-state index contributed by atoms with van der Waals surface area (Å²) in [6.45, 7) is 6.80. The first-order chi connectivity index (χ1) is 14.7. The molecule has 1 unspecified atom stereocenters. The Kier molecular flexibility index (Phi) is 8.88. The minimum atomic E-state index is -1.38. The maximum absolute atomic E-state index is 13.0. The molecular weight excluding hydrogens is 398 g/mol. The number of esters is 2. The lowest BCUT2D eigenvalue weighted by Crippen LogP contribution is -2.51. The molecule has 0 aromatic heterocycles. The van der Waals surface area contributed by atoms with Crippen LogP contribution < -0.4 is 9.64 Å². The predicted octanol–water partition coefficient (Wildman–Crippen LogP) is 3.51. The van der Waals surface area contributed by atoms with E-state index in [1.165, 1.54) is 4.90 Å². The van der Waals surface area contributed by atoms with Crippen molar-refractivity contribution in [1.29, 1.82) is 0 Å². The van der Waals surface area contributed by atoms with Crippen LogP contribution in [0.15, 0.2) is 54.6 Å². The monoisotopic (exact) mass is 429 g/mol. The number of ether oxygens (including phenoxy) is 3. The molecule has 2 aromatic carbocycles. The summed E-state index contributed by atoms with van der Waals surface area (Å²) < 4.78 is 15.9. The summed E-state index contributed by atoms with van der Waals surface area (Å²) in [4.78, 5) is 27.4. The molecule has 1 N–H and O–H groups in total. The molecule has 31 heavy (non-hydrogen) atoms. The first kappa shape index (κ1) is 24.2. The Balaban J connectivity index is 2.47. The van der Waals surface area contributed by atoms with E-state index < -0.39 is 36.3 Å². The topological polar surface area (TPSA) is 85.3 Å². The Morgan fingerprint density at radius 3 is 1.84 bits per heavy atom. The van der Waals surface area contributed by atoms with Crippen molar-refractivity contribution in [3.05, 3.63) is 60.2 Å². The third-order valence-electron chi connectivity index (χ3n) is 4.42. The molecule has 0 bridgehead atoms. The number of aliphatic hydroxyl groups is 1. The number of carbonyl (C=O) groups excluding carboxylic acids is 2. The number of hydrogen-bond acceptors (Lipinski definition) is 7. The molecule has 0 saturated heterocycles. The molecule has 2 rings (SSSR count). The van der Waals surface area contributed by atoms with Crippen LogP contribution in [-0.2, 0) is 19.1 Å². The fourth-order valence-electron chi connectivity index (χ4n) is 3.04. The molecule has 7 heteroatoms. The average molecular weight is 430 g/mol. The molecule has 0 heterocycles. The third kappa shape index (κ3) is 7.00. The van der Waals surface area contributed by atoms with Gasteiger partial charge >= 0.3 is 11.9 Å². The lowest BCUT2D eigenvalue weighted by atomic mass is 10.1. The molecule has 0 radical (unpaired) electrons. The van der Waals surface area contributed by atoms with Crippen LogP contribution in [0.3, 0.4) is 0 Å². The Bertz CT molecular complexity index is 813. The highest BCUT2D eigenvalue weighted by atomic mass is 16.6. The summed E-state index contributed by atoms with van der Waals surface area (Å²) in [5.74, 6) is -0.855. The van der Waals surface area contributed by atoms with Gasteiger partial charge in [-0.2, -0.15) is 0 Å². The van der Waals surface area contributed by atoms with Crippen LogP contribution in [0.1, 0.15) is 39.4 Å². The number of aliphatic hydroxyl groups excluding tert-OH is 1. The van der Waals surface area contributed by atoms with Crippen LogP contribution in [0.5, 0.6) is 5.75 Å². The van der Waals surface area contributed by atoms with Gasteiger partial charge in [-0.1, -0.05) is 30.3 Å². The van der Waals surface area contributed by atoms with Crippen molar-refractivity contribution in [2.45, 2.75) is 52.0 Å². The molecule has 0 aliphatic carbocycles. The Hall–Kier alpha value is -3.06. The van der Waals surface area contributed by atoms with Gasteiger partial charge in [0.05, 0.1) is 25.4 Å². The van der Waals surface area contributed by atoms with Crippen LogP contribution in [-0.4, -0.2) is 48.9 Å². The quantitative estimate of drug-likeness (QED) is 0.457. The molecule has 2 aromatic rings. The minimum absolute atomic E-state index is 0.0264. The van der Waals surface area contributed by atoms with E-state index in [1.807, 2.05) is 18.2 Å². The molecule has 1 atom stereocenters. The fourth-order valence-corrected chi connectivity index (χ4v) is 3.04. The number of methoxy groups -OCH3 is 1. The highest BCUT2D eigenvalue weighted by Crippen LogP contribution is 2.26. The van der Waals surface area contributed by atoms with Crippen molar-refractivity contribution in [3.63, 3.8) is 0 Å². The van der Waals surface area contributed by atoms with Gasteiger partial charge < -0.3 is 24.2 Å². The first-order valence-electron chi connectivity index (χ1n) is 10.3. The van der Waals surface area contributed by atoms with Crippen molar-refractivity contribution >= 4 is 17.6 Å². The van der Waals surface area contributed by atoms with Gasteiger partial charge in [0, 0.05) is 12.2 Å². The van der Waals surface area contributed by atoms with Crippen molar-refractivity contribution in [3.8, 4) is 5.75 Å². The number of rotatable bonds is 10. The normalized spacial score (nSPS) is 12.0. The molecular formula is C24H31NO6. The van der Waals surface area contributed by atoms with Gasteiger partial charge in [-0.25, -0.2) is 9.59 Å². The largest absolute Gasteiger partial charge is 0.497 e.